The van der Waals surface area contributed by atoms with E-state index in [4.69, 9.17) is 9.47 Å². The van der Waals surface area contributed by atoms with Crippen LogP contribution in [0.15, 0.2) is 61.2 Å². The van der Waals surface area contributed by atoms with Gasteiger partial charge in [0.05, 0.1) is 19.3 Å². The van der Waals surface area contributed by atoms with Gasteiger partial charge in [-0.15, -0.1) is 6.58 Å². The van der Waals surface area contributed by atoms with Crippen LogP contribution in [0.4, 0.5) is 4.79 Å². The molecule has 184 valence electrons. The fourth-order valence-electron chi connectivity index (χ4n) is 4.69. The van der Waals surface area contributed by atoms with Crippen LogP contribution in [0.1, 0.15) is 36.8 Å². The maximum absolute atomic E-state index is 13.0. The summed E-state index contributed by atoms with van der Waals surface area (Å²) >= 11 is 0. The molecule has 2 aromatic rings. The summed E-state index contributed by atoms with van der Waals surface area (Å²) in [6, 6.07) is 14.5. The third-order valence-corrected chi connectivity index (χ3v) is 6.87. The number of hydrogen-bond acceptors (Lipinski definition) is 5. The van der Waals surface area contributed by atoms with Crippen molar-refractivity contribution >= 4 is 18.0 Å². The fraction of sp³-hybridized carbons (Fsp3) is 0.370. The number of hydrogen-bond donors (Lipinski definition) is 3. The van der Waals surface area contributed by atoms with E-state index in [0.29, 0.717) is 12.8 Å². The first-order valence-electron chi connectivity index (χ1n) is 11.7. The highest BCUT2D eigenvalue weighted by Crippen LogP contribution is 2.44. The van der Waals surface area contributed by atoms with Gasteiger partial charge in [0, 0.05) is 5.92 Å². The van der Waals surface area contributed by atoms with E-state index in [2.05, 4.69) is 29.3 Å². The van der Waals surface area contributed by atoms with Gasteiger partial charge in [0.15, 0.2) is 0 Å². The monoisotopic (exact) mass is 478 g/mol. The number of aliphatic carboxylic acids is 1. The van der Waals surface area contributed by atoms with Crippen LogP contribution in [0.2, 0.25) is 0 Å². The minimum Gasteiger partial charge on any atom is -0.481 e. The maximum atomic E-state index is 13.0. The van der Waals surface area contributed by atoms with Crippen LogP contribution in [0.5, 0.6) is 0 Å². The Hall–Kier alpha value is -3.65. The quantitative estimate of drug-likeness (QED) is 0.476. The van der Waals surface area contributed by atoms with E-state index >= 15 is 0 Å². The first-order chi connectivity index (χ1) is 16.8. The summed E-state index contributed by atoms with van der Waals surface area (Å²) in [7, 11) is 0. The average molecular weight is 479 g/mol. The molecule has 4 rings (SSSR count). The molecule has 1 saturated heterocycles. The van der Waals surface area contributed by atoms with Crippen molar-refractivity contribution < 1.29 is 29.0 Å². The largest absolute Gasteiger partial charge is 0.481 e. The van der Waals surface area contributed by atoms with Crippen molar-refractivity contribution in [2.45, 2.75) is 37.8 Å². The van der Waals surface area contributed by atoms with E-state index in [-0.39, 0.29) is 25.7 Å². The van der Waals surface area contributed by atoms with Crippen molar-refractivity contribution in [2.24, 2.45) is 5.41 Å². The lowest BCUT2D eigenvalue weighted by molar-refractivity contribution is -0.149. The molecule has 1 aliphatic carbocycles. The van der Waals surface area contributed by atoms with Gasteiger partial charge in [0.1, 0.15) is 18.1 Å². The molecule has 1 heterocycles. The highest BCUT2D eigenvalue weighted by atomic mass is 16.5. The highest BCUT2D eigenvalue weighted by molar-refractivity contribution is 5.87. The standard InChI is InChI=1S/C27H30N2O6/c1-3-4-13-22(24(30)29-23-15-34-16-27(23,2)25(31)32)28-26(33)35-14-21-19-11-7-5-9-17(19)18-10-6-8-12-20(18)21/h3,5-12,21-23H,1,4,13-16H2,2H3,(H,28,33)(H,29,30)(H,31,32). The van der Waals surface area contributed by atoms with Crippen molar-refractivity contribution in [2.75, 3.05) is 19.8 Å². The van der Waals surface area contributed by atoms with Gasteiger partial charge < -0.3 is 25.2 Å². The third-order valence-electron chi connectivity index (χ3n) is 6.87. The Morgan fingerprint density at radius 1 is 1.17 bits per heavy atom. The Labute approximate surface area is 204 Å². The van der Waals surface area contributed by atoms with Crippen LogP contribution < -0.4 is 10.6 Å². The summed E-state index contributed by atoms with van der Waals surface area (Å²) in [5.74, 6) is -1.63. The van der Waals surface area contributed by atoms with Crippen molar-refractivity contribution in [3.05, 3.63) is 72.3 Å². The smallest absolute Gasteiger partial charge is 0.407 e. The maximum Gasteiger partial charge on any atom is 0.407 e. The zero-order chi connectivity index (χ0) is 25.0. The third kappa shape index (κ3) is 4.93. The van der Waals surface area contributed by atoms with Crippen LogP contribution in [0.25, 0.3) is 11.1 Å². The number of allylic oxidation sites excluding steroid dienone is 1. The van der Waals surface area contributed by atoms with Crippen molar-refractivity contribution in [3.8, 4) is 11.1 Å². The molecule has 0 saturated carbocycles. The summed E-state index contributed by atoms with van der Waals surface area (Å²) < 4.78 is 10.9. The molecule has 2 aromatic carbocycles. The molecular weight excluding hydrogens is 448 g/mol. The van der Waals surface area contributed by atoms with E-state index in [1.165, 1.54) is 6.92 Å². The number of carboxylic acids is 1. The summed E-state index contributed by atoms with van der Waals surface area (Å²) in [5, 5.41) is 14.9. The van der Waals surface area contributed by atoms with Gasteiger partial charge in [-0.05, 0) is 42.0 Å². The molecule has 8 nitrogen and oxygen atoms in total. The molecule has 3 N–H and O–H groups in total. The molecule has 35 heavy (non-hydrogen) atoms. The Morgan fingerprint density at radius 3 is 2.40 bits per heavy atom. The predicted molar refractivity (Wildman–Crippen MR) is 130 cm³/mol. The summed E-state index contributed by atoms with van der Waals surface area (Å²) in [6.07, 6.45) is 1.73. The minimum absolute atomic E-state index is 0.00438. The number of fused-ring (bicyclic) bond motifs is 3. The molecule has 0 spiro atoms. The Morgan fingerprint density at radius 2 is 1.80 bits per heavy atom. The Bertz CT molecular complexity index is 1090. The Balaban J connectivity index is 1.41. The molecule has 3 unspecified atom stereocenters. The van der Waals surface area contributed by atoms with Gasteiger partial charge >= 0.3 is 12.1 Å². The fourth-order valence-corrected chi connectivity index (χ4v) is 4.69. The van der Waals surface area contributed by atoms with Gasteiger partial charge in [0.2, 0.25) is 5.91 Å². The second-order valence-electron chi connectivity index (χ2n) is 9.19. The van der Waals surface area contributed by atoms with Crippen LogP contribution >= 0.6 is 0 Å². The van der Waals surface area contributed by atoms with E-state index in [1.807, 2.05) is 36.4 Å². The topological polar surface area (TPSA) is 114 Å². The first kappa shape index (κ1) is 24.5. The molecule has 2 aliphatic rings. The summed E-state index contributed by atoms with van der Waals surface area (Å²) in [6.45, 7) is 5.43. The van der Waals surface area contributed by atoms with Crippen molar-refractivity contribution in [1.82, 2.24) is 10.6 Å². The second kappa shape index (κ2) is 10.3. The van der Waals surface area contributed by atoms with Crippen molar-refractivity contribution in [1.29, 1.82) is 0 Å². The van der Waals surface area contributed by atoms with Crippen LogP contribution in [-0.4, -0.2) is 55.0 Å². The Kier molecular flexibility index (Phi) is 7.21. The van der Waals surface area contributed by atoms with E-state index in [9.17, 15) is 19.5 Å². The van der Waals surface area contributed by atoms with Crippen LogP contribution in [-0.2, 0) is 19.1 Å². The van der Waals surface area contributed by atoms with E-state index in [1.54, 1.807) is 6.08 Å². The molecule has 3 atom stereocenters. The second-order valence-corrected chi connectivity index (χ2v) is 9.19. The predicted octanol–water partition coefficient (Wildman–Crippen LogP) is 3.47. The number of benzene rings is 2. The molecule has 1 aliphatic heterocycles. The minimum atomic E-state index is -1.23. The number of carboxylic acid groups (broad SMARTS) is 1. The van der Waals surface area contributed by atoms with Crippen molar-refractivity contribution in [3.63, 3.8) is 0 Å². The first-order valence-corrected chi connectivity index (χ1v) is 11.7. The zero-order valence-electron chi connectivity index (χ0n) is 19.7. The number of carbonyl (C=O) groups excluding carboxylic acids is 2. The number of amides is 2. The zero-order valence-corrected chi connectivity index (χ0v) is 19.7. The lowest BCUT2D eigenvalue weighted by atomic mass is 9.85. The van der Waals surface area contributed by atoms with Gasteiger partial charge in [0.25, 0.3) is 0 Å². The van der Waals surface area contributed by atoms with Crippen LogP contribution in [0, 0.1) is 5.41 Å². The molecule has 0 bridgehead atoms. The number of carbonyl (C=O) groups is 3. The van der Waals surface area contributed by atoms with E-state index < -0.39 is 35.5 Å². The van der Waals surface area contributed by atoms with Gasteiger partial charge in [-0.2, -0.15) is 0 Å². The normalized spacial score (nSPS) is 21.5. The molecule has 2 amide bonds. The summed E-state index contributed by atoms with van der Waals surface area (Å²) in [5.41, 5.74) is 3.21. The van der Waals surface area contributed by atoms with Gasteiger partial charge in [-0.25, -0.2) is 4.79 Å². The van der Waals surface area contributed by atoms with Crippen LogP contribution in [0.3, 0.4) is 0 Å². The number of ether oxygens (including phenoxy) is 2. The number of alkyl carbamates (subject to hydrolysis) is 1. The SMILES string of the molecule is C=CCCC(NC(=O)OCC1c2ccccc2-c2ccccc21)C(=O)NC1COCC1(C)C(=O)O. The number of rotatable bonds is 9. The van der Waals surface area contributed by atoms with E-state index in [0.717, 1.165) is 22.3 Å². The summed E-state index contributed by atoms with van der Waals surface area (Å²) in [4.78, 5) is 37.4. The molecule has 0 aromatic heterocycles. The molecule has 8 heteroatoms. The van der Waals surface area contributed by atoms with Gasteiger partial charge in [-0.3, -0.25) is 9.59 Å². The van der Waals surface area contributed by atoms with Gasteiger partial charge in [-0.1, -0.05) is 54.6 Å². The molecular formula is C27H30N2O6. The molecule has 1 fully saturated rings. The lowest BCUT2D eigenvalue weighted by Gasteiger charge is -2.27. The lowest BCUT2D eigenvalue weighted by Crippen LogP contribution is -2.55. The highest BCUT2D eigenvalue weighted by Gasteiger charge is 2.47. The number of nitrogens with one attached hydrogen (secondary N) is 2. The molecule has 0 radical (unpaired) electrons. The average Bonchev–Trinajstić information content (AvgIpc) is 3.39.